The third kappa shape index (κ3) is 3.89. The Morgan fingerprint density at radius 2 is 1.95 bits per heavy atom. The zero-order valence-electron chi connectivity index (χ0n) is 22.9. The lowest BCUT2D eigenvalue weighted by atomic mass is 9.56. The van der Waals surface area contributed by atoms with Crippen molar-refractivity contribution in [1.29, 1.82) is 0 Å². The summed E-state index contributed by atoms with van der Waals surface area (Å²) in [5.74, 6) is -5.44. The maximum Gasteiger partial charge on any atom is 0.255 e. The molecule has 0 fully saturated rings. The summed E-state index contributed by atoms with van der Waals surface area (Å²) in [5.41, 5.74) is 5.17. The Balaban J connectivity index is 1.55. The number of aliphatic hydroxyl groups is 3. The van der Waals surface area contributed by atoms with Crippen molar-refractivity contribution in [3.63, 3.8) is 0 Å². The highest BCUT2D eigenvalue weighted by atomic mass is 32.2. The summed E-state index contributed by atoms with van der Waals surface area (Å²) in [4.78, 5) is 44.3. The number of primary amides is 1. The van der Waals surface area contributed by atoms with E-state index in [1.54, 1.807) is 18.8 Å². The van der Waals surface area contributed by atoms with Crippen molar-refractivity contribution in [1.82, 2.24) is 10.3 Å². The number of rotatable bonds is 7. The number of oxazole rings is 1. The minimum absolute atomic E-state index is 0.0442. The molecule has 0 saturated heterocycles. The van der Waals surface area contributed by atoms with E-state index in [0.717, 1.165) is 5.56 Å². The van der Waals surface area contributed by atoms with Gasteiger partial charge in [0, 0.05) is 41.6 Å². The number of anilines is 1. The van der Waals surface area contributed by atoms with Gasteiger partial charge in [-0.1, -0.05) is 30.3 Å². The molecular weight excluding hydrogens is 560 g/mol. The number of carbonyl (C=O) groups excluding carboxylic acids is 3. The average molecular weight is 591 g/mol. The molecule has 7 N–H and O–H groups in total. The van der Waals surface area contributed by atoms with Crippen molar-refractivity contribution >= 4 is 46.0 Å². The lowest BCUT2D eigenvalue weighted by molar-refractivity contribution is -0.146. The molecule has 3 aliphatic rings. The fourth-order valence-corrected chi connectivity index (χ4v) is 8.09. The smallest absolute Gasteiger partial charge is 0.255 e. The maximum atomic E-state index is 14.3. The molecule has 218 valence electrons. The van der Waals surface area contributed by atoms with E-state index in [9.17, 15) is 29.7 Å². The van der Waals surface area contributed by atoms with Crippen molar-refractivity contribution in [3.05, 3.63) is 82.1 Å². The van der Waals surface area contributed by atoms with Gasteiger partial charge in [-0.2, -0.15) is 11.8 Å². The van der Waals surface area contributed by atoms with Crippen LogP contribution < -0.4 is 16.4 Å². The topological polar surface area (TPSA) is 188 Å². The lowest BCUT2D eigenvalue weighted by Crippen LogP contribution is -2.64. The second-order valence-electron chi connectivity index (χ2n) is 10.8. The number of amides is 1. The number of aliphatic hydroxyl groups excluding tert-OH is 2. The number of carbonyl (C=O) groups is 3. The summed E-state index contributed by atoms with van der Waals surface area (Å²) in [7, 11) is 3.24. The predicted octanol–water partition coefficient (Wildman–Crippen LogP) is 2.73. The molecule has 1 amide bonds. The molecule has 3 aliphatic carbocycles. The number of hydrogen-bond donors (Lipinski definition) is 6. The van der Waals surface area contributed by atoms with E-state index in [4.69, 9.17) is 10.2 Å². The molecule has 11 nitrogen and oxygen atoms in total. The Hall–Kier alpha value is -4.13. The number of benzene rings is 2. The zero-order chi connectivity index (χ0) is 29.9. The van der Waals surface area contributed by atoms with Gasteiger partial charge in [-0.15, -0.1) is 0 Å². The monoisotopic (exact) mass is 590 g/mol. The Morgan fingerprint density at radius 1 is 1.21 bits per heavy atom. The molecule has 42 heavy (non-hydrogen) atoms. The first-order chi connectivity index (χ1) is 20.1. The number of Topliss-reactive ketones (excluding diaryl/α,β-unsaturated/α-hetero) is 2. The minimum atomic E-state index is -2.66. The van der Waals surface area contributed by atoms with E-state index in [2.05, 4.69) is 15.6 Å². The fraction of sp³-hybridized carbons (Fsp3) is 0.333. The third-order valence-corrected chi connectivity index (χ3v) is 9.92. The first kappa shape index (κ1) is 28.0. The molecule has 6 rings (SSSR count). The number of ketones is 2. The number of thioether (sulfide) groups is 1. The molecule has 0 aliphatic heterocycles. The molecular formula is C30H30N4O7S. The van der Waals surface area contributed by atoms with Crippen molar-refractivity contribution in [2.75, 3.05) is 25.2 Å². The van der Waals surface area contributed by atoms with Gasteiger partial charge in [0.1, 0.15) is 22.6 Å². The quantitative estimate of drug-likeness (QED) is 0.222. The fourth-order valence-electron chi connectivity index (χ4n) is 6.89. The van der Waals surface area contributed by atoms with Crippen molar-refractivity contribution in [2.45, 2.75) is 29.7 Å². The number of fused-ring (bicyclic) bond motifs is 5. The van der Waals surface area contributed by atoms with Gasteiger partial charge in [-0.3, -0.25) is 14.4 Å². The van der Waals surface area contributed by atoms with E-state index in [-0.39, 0.29) is 29.1 Å². The molecule has 0 radical (unpaired) electrons. The van der Waals surface area contributed by atoms with Crippen LogP contribution in [0.1, 0.15) is 33.8 Å². The van der Waals surface area contributed by atoms with Crippen LogP contribution in [-0.2, 0) is 15.3 Å². The van der Waals surface area contributed by atoms with Crippen LogP contribution in [0.5, 0.6) is 0 Å². The molecule has 5 atom stereocenters. The van der Waals surface area contributed by atoms with Gasteiger partial charge in [-0.05, 0) is 36.6 Å². The van der Waals surface area contributed by atoms with Crippen molar-refractivity contribution < 1.29 is 34.1 Å². The molecule has 1 heterocycles. The summed E-state index contributed by atoms with van der Waals surface area (Å²) in [6.45, 7) is 0. The number of nitrogens with zero attached hydrogens (tertiary/aromatic N) is 1. The Labute approximate surface area is 244 Å². The highest BCUT2D eigenvalue weighted by Crippen LogP contribution is 2.56. The number of hydrogen-bond acceptors (Lipinski definition) is 11. The van der Waals surface area contributed by atoms with Gasteiger partial charge in [0.2, 0.25) is 5.78 Å². The second kappa shape index (κ2) is 10.3. The normalized spacial score (nSPS) is 27.1. The summed E-state index contributed by atoms with van der Waals surface area (Å²) in [6, 6.07) is 10.6. The van der Waals surface area contributed by atoms with E-state index < -0.39 is 58.0 Å². The van der Waals surface area contributed by atoms with Crippen LogP contribution in [0.25, 0.3) is 11.1 Å². The summed E-state index contributed by atoms with van der Waals surface area (Å²) >= 11 is 1.65. The van der Waals surface area contributed by atoms with E-state index in [0.29, 0.717) is 28.3 Å². The molecule has 2 aromatic carbocycles. The molecule has 0 unspecified atom stereocenters. The lowest BCUT2D eigenvalue weighted by Gasteiger charge is -2.50. The zero-order valence-corrected chi connectivity index (χ0v) is 23.7. The SMILES string of the molecule is CNc1cc2ncoc2c2c1[C@H](CSCc1ccccc1)[C@H]1C[C@H]3[C@H](NC)C(O)=C(C(N)=O)C(=O)[C@@]3(O)C(O)=C1C2=O. The molecule has 3 aromatic rings. The van der Waals surface area contributed by atoms with E-state index >= 15 is 0 Å². The highest BCUT2D eigenvalue weighted by Gasteiger charge is 2.63. The van der Waals surface area contributed by atoms with E-state index in [1.165, 1.54) is 13.4 Å². The number of nitrogens with one attached hydrogen (secondary N) is 2. The van der Waals surface area contributed by atoms with Crippen LogP contribution in [0.4, 0.5) is 5.69 Å². The van der Waals surface area contributed by atoms with Gasteiger partial charge in [0.25, 0.3) is 5.91 Å². The number of nitrogens with two attached hydrogens (primary N) is 1. The Morgan fingerprint density at radius 3 is 2.62 bits per heavy atom. The van der Waals surface area contributed by atoms with Crippen LogP contribution in [0.3, 0.4) is 0 Å². The van der Waals surface area contributed by atoms with Crippen LogP contribution >= 0.6 is 11.8 Å². The second-order valence-corrected chi connectivity index (χ2v) is 11.8. The Bertz CT molecular complexity index is 1700. The van der Waals surface area contributed by atoms with Crippen molar-refractivity contribution in [3.8, 4) is 0 Å². The molecule has 0 saturated carbocycles. The largest absolute Gasteiger partial charge is 0.510 e. The van der Waals surface area contributed by atoms with Crippen molar-refractivity contribution in [2.24, 2.45) is 17.6 Å². The van der Waals surface area contributed by atoms with Crippen LogP contribution in [0.2, 0.25) is 0 Å². The highest BCUT2D eigenvalue weighted by molar-refractivity contribution is 7.98. The van der Waals surface area contributed by atoms with Gasteiger partial charge >= 0.3 is 0 Å². The standard InChI is InChI=1S/C30H30N4O7S/c1-32-17-9-18-26(41-12-34-18)21-19(17)15(11-42-10-13-6-4-3-5-7-13)14-8-16-23(33-2)25(36)22(29(31)39)28(38)30(16,40)27(37)20(14)24(21)35/h3-7,9,12,14-16,23,32-33,36-37,40H,8,10-11H2,1-2H3,(H2,31,39)/t14-,15-,16+,23+,30+/m1/s1. The van der Waals surface area contributed by atoms with Gasteiger partial charge in [-0.25, -0.2) is 4.98 Å². The van der Waals surface area contributed by atoms with E-state index in [1.807, 2.05) is 36.4 Å². The van der Waals surface area contributed by atoms with Gasteiger partial charge in [0.05, 0.1) is 11.6 Å². The summed E-state index contributed by atoms with van der Waals surface area (Å²) in [6.07, 6.45) is 1.28. The average Bonchev–Trinajstić information content (AvgIpc) is 3.45. The molecule has 12 heteroatoms. The number of aromatic nitrogens is 1. The van der Waals surface area contributed by atoms with Crippen LogP contribution in [0.15, 0.2) is 69.9 Å². The summed E-state index contributed by atoms with van der Waals surface area (Å²) < 4.78 is 5.66. The number of likely N-dealkylation sites (N-methyl/N-ethyl adjacent to an activating group) is 1. The first-order valence-electron chi connectivity index (χ1n) is 13.5. The molecule has 1 aromatic heterocycles. The Kier molecular flexibility index (Phi) is 6.87. The molecule has 0 spiro atoms. The van der Waals surface area contributed by atoms with Gasteiger partial charge in [0.15, 0.2) is 23.4 Å². The minimum Gasteiger partial charge on any atom is -0.510 e. The number of allylic oxidation sites excluding steroid dienone is 1. The third-order valence-electron chi connectivity index (χ3n) is 8.78. The van der Waals surface area contributed by atoms with Crippen LogP contribution in [-0.4, -0.2) is 69.3 Å². The maximum absolute atomic E-state index is 14.3. The predicted molar refractivity (Wildman–Crippen MR) is 156 cm³/mol. The summed E-state index contributed by atoms with van der Waals surface area (Å²) in [5, 5.41) is 40.6. The van der Waals surface area contributed by atoms with Gasteiger partial charge < -0.3 is 36.1 Å². The molecule has 0 bridgehead atoms. The first-order valence-corrected chi connectivity index (χ1v) is 14.7. The van der Waals surface area contributed by atoms with Crippen LogP contribution in [0, 0.1) is 11.8 Å².